The third kappa shape index (κ3) is 5.39. The van der Waals surface area contributed by atoms with E-state index < -0.39 is 0 Å². The minimum Gasteiger partial charge on any atom is -0.309 e. The predicted octanol–water partition coefficient (Wildman–Crippen LogP) is 5.22. The van der Waals surface area contributed by atoms with Gasteiger partial charge in [0.25, 0.3) is 0 Å². The van der Waals surface area contributed by atoms with Crippen LogP contribution in [0.25, 0.3) is 17.1 Å². The standard InChI is InChI=1S/C27H27N7OS/c1-5-15-33-25(19-11-13-21(14-12-19)27(2,3)4)31-32-26(33)36-18-23(35)30-24-20(16-28)17-29-34(24)22-9-7-6-8-10-22/h5-14,17H,1,15,18H2,2-4H3,(H,30,35). The average molecular weight is 498 g/mol. The maximum atomic E-state index is 12.9. The highest BCUT2D eigenvalue weighted by Crippen LogP contribution is 2.28. The van der Waals surface area contributed by atoms with Crippen molar-refractivity contribution in [2.45, 2.75) is 37.9 Å². The smallest absolute Gasteiger partial charge is 0.236 e. The van der Waals surface area contributed by atoms with Crippen LogP contribution in [0, 0.1) is 11.3 Å². The van der Waals surface area contributed by atoms with E-state index in [9.17, 15) is 10.1 Å². The number of rotatable bonds is 8. The second-order valence-electron chi connectivity index (χ2n) is 9.14. The van der Waals surface area contributed by atoms with Gasteiger partial charge in [0.1, 0.15) is 11.6 Å². The summed E-state index contributed by atoms with van der Waals surface area (Å²) >= 11 is 1.27. The minimum absolute atomic E-state index is 0.0585. The molecule has 0 bridgehead atoms. The van der Waals surface area contributed by atoms with Gasteiger partial charge in [-0.05, 0) is 23.1 Å². The lowest BCUT2D eigenvalue weighted by Gasteiger charge is -2.19. The second-order valence-corrected chi connectivity index (χ2v) is 10.1. The largest absolute Gasteiger partial charge is 0.309 e. The zero-order valence-electron chi connectivity index (χ0n) is 20.5. The number of allylic oxidation sites excluding steroid dienone is 1. The van der Waals surface area contributed by atoms with E-state index in [1.807, 2.05) is 47.0 Å². The molecule has 0 radical (unpaired) electrons. The quantitative estimate of drug-likeness (QED) is 0.265. The van der Waals surface area contributed by atoms with Crippen molar-refractivity contribution in [2.75, 3.05) is 11.1 Å². The van der Waals surface area contributed by atoms with Gasteiger partial charge in [0.05, 0.1) is 17.6 Å². The molecule has 2 aromatic heterocycles. The molecule has 0 aliphatic rings. The maximum Gasteiger partial charge on any atom is 0.236 e. The molecule has 4 aromatic rings. The van der Waals surface area contributed by atoms with E-state index in [4.69, 9.17) is 0 Å². The molecule has 0 atom stereocenters. The van der Waals surface area contributed by atoms with Gasteiger partial charge in [0.2, 0.25) is 5.91 Å². The van der Waals surface area contributed by atoms with Gasteiger partial charge < -0.3 is 5.32 Å². The normalized spacial score (nSPS) is 11.2. The lowest BCUT2D eigenvalue weighted by Crippen LogP contribution is -2.18. The SMILES string of the molecule is C=CCn1c(SCC(=O)Nc2c(C#N)cnn2-c2ccccc2)nnc1-c1ccc(C(C)(C)C)cc1. The summed E-state index contributed by atoms with van der Waals surface area (Å²) in [5.74, 6) is 0.857. The molecule has 8 nitrogen and oxygen atoms in total. The molecule has 0 aliphatic carbocycles. The Morgan fingerprint density at radius 3 is 2.50 bits per heavy atom. The van der Waals surface area contributed by atoms with Crippen LogP contribution in [0.4, 0.5) is 5.82 Å². The van der Waals surface area contributed by atoms with Crippen LogP contribution in [0.3, 0.4) is 0 Å². The number of benzene rings is 2. The summed E-state index contributed by atoms with van der Waals surface area (Å²) in [4.78, 5) is 12.9. The molecule has 36 heavy (non-hydrogen) atoms. The van der Waals surface area contributed by atoms with Gasteiger partial charge in [-0.25, -0.2) is 4.68 Å². The Kier molecular flexibility index (Phi) is 7.36. The number of hydrogen-bond acceptors (Lipinski definition) is 6. The lowest BCUT2D eigenvalue weighted by molar-refractivity contribution is -0.113. The van der Waals surface area contributed by atoms with Gasteiger partial charge in [-0.2, -0.15) is 10.4 Å². The summed E-state index contributed by atoms with van der Waals surface area (Å²) in [5, 5.41) is 25.9. The fourth-order valence-corrected chi connectivity index (χ4v) is 4.38. The number of aromatic nitrogens is 5. The molecule has 0 unspecified atom stereocenters. The van der Waals surface area contributed by atoms with E-state index in [0.717, 1.165) is 11.3 Å². The number of anilines is 1. The van der Waals surface area contributed by atoms with Crippen molar-refractivity contribution in [3.63, 3.8) is 0 Å². The van der Waals surface area contributed by atoms with Gasteiger partial charge >= 0.3 is 0 Å². The summed E-state index contributed by atoms with van der Waals surface area (Å²) < 4.78 is 3.48. The highest BCUT2D eigenvalue weighted by atomic mass is 32.2. The highest BCUT2D eigenvalue weighted by Gasteiger charge is 2.19. The van der Waals surface area contributed by atoms with Crippen LogP contribution in [0.2, 0.25) is 0 Å². The lowest BCUT2D eigenvalue weighted by atomic mass is 9.87. The molecule has 0 spiro atoms. The van der Waals surface area contributed by atoms with E-state index in [0.29, 0.717) is 23.3 Å². The third-order valence-electron chi connectivity index (χ3n) is 5.52. The van der Waals surface area contributed by atoms with Crippen LogP contribution < -0.4 is 5.32 Å². The first-order valence-corrected chi connectivity index (χ1v) is 12.4. The predicted molar refractivity (Wildman–Crippen MR) is 142 cm³/mol. The molecular formula is C27H27N7OS. The Labute approximate surface area is 214 Å². The molecule has 0 fully saturated rings. The van der Waals surface area contributed by atoms with Crippen molar-refractivity contribution in [3.8, 4) is 23.1 Å². The van der Waals surface area contributed by atoms with Crippen molar-refractivity contribution < 1.29 is 4.79 Å². The number of nitrogens with one attached hydrogen (secondary N) is 1. The molecule has 0 saturated heterocycles. The number of para-hydroxylation sites is 1. The molecule has 2 aromatic carbocycles. The van der Waals surface area contributed by atoms with Crippen LogP contribution in [0.15, 0.2) is 78.6 Å². The number of carbonyl (C=O) groups is 1. The molecule has 0 aliphatic heterocycles. The topological polar surface area (TPSA) is 101 Å². The fourth-order valence-electron chi connectivity index (χ4n) is 3.64. The summed E-state index contributed by atoms with van der Waals surface area (Å²) in [6.07, 6.45) is 3.21. The monoisotopic (exact) mass is 497 g/mol. The first-order chi connectivity index (χ1) is 17.3. The van der Waals surface area contributed by atoms with Gasteiger partial charge in [-0.15, -0.1) is 16.8 Å². The first kappa shape index (κ1) is 24.9. The van der Waals surface area contributed by atoms with E-state index in [2.05, 4.69) is 66.2 Å². The van der Waals surface area contributed by atoms with Gasteiger partial charge in [-0.1, -0.05) is 81.1 Å². The van der Waals surface area contributed by atoms with Crippen molar-refractivity contribution in [2.24, 2.45) is 0 Å². The van der Waals surface area contributed by atoms with E-state index in [1.54, 1.807) is 10.8 Å². The molecular weight excluding hydrogens is 470 g/mol. The number of nitriles is 1. The molecule has 1 N–H and O–H groups in total. The van der Waals surface area contributed by atoms with E-state index >= 15 is 0 Å². The maximum absolute atomic E-state index is 12.9. The van der Waals surface area contributed by atoms with Crippen LogP contribution in [-0.2, 0) is 16.8 Å². The number of thioether (sulfide) groups is 1. The van der Waals surface area contributed by atoms with E-state index in [-0.39, 0.29) is 22.6 Å². The van der Waals surface area contributed by atoms with Crippen LogP contribution in [-0.4, -0.2) is 36.2 Å². The number of hydrogen-bond donors (Lipinski definition) is 1. The summed E-state index contributed by atoms with van der Waals surface area (Å²) in [6, 6.07) is 19.7. The third-order valence-corrected chi connectivity index (χ3v) is 6.49. The zero-order chi connectivity index (χ0) is 25.7. The van der Waals surface area contributed by atoms with Crippen molar-refractivity contribution >= 4 is 23.5 Å². The fraction of sp³-hybridized carbons (Fsp3) is 0.222. The van der Waals surface area contributed by atoms with Gasteiger partial charge in [0, 0.05) is 12.1 Å². The molecule has 2 heterocycles. The van der Waals surface area contributed by atoms with Gasteiger partial charge in [-0.3, -0.25) is 9.36 Å². The molecule has 1 amide bonds. The molecule has 4 rings (SSSR count). The van der Waals surface area contributed by atoms with Crippen molar-refractivity contribution in [1.82, 2.24) is 24.5 Å². The Hall–Kier alpha value is -4.16. The molecule has 182 valence electrons. The van der Waals surface area contributed by atoms with Crippen LogP contribution in [0.5, 0.6) is 0 Å². The Balaban J connectivity index is 1.51. The summed E-state index contributed by atoms with van der Waals surface area (Å²) in [5.41, 5.74) is 3.27. The number of amides is 1. The number of carbonyl (C=O) groups excluding carboxylic acids is 1. The zero-order valence-corrected chi connectivity index (χ0v) is 21.3. The van der Waals surface area contributed by atoms with Crippen LogP contribution in [0.1, 0.15) is 31.9 Å². The van der Waals surface area contributed by atoms with E-state index in [1.165, 1.54) is 23.5 Å². The summed E-state index contributed by atoms with van der Waals surface area (Å²) in [7, 11) is 0. The molecule has 0 saturated carbocycles. The van der Waals surface area contributed by atoms with Crippen molar-refractivity contribution in [1.29, 1.82) is 5.26 Å². The minimum atomic E-state index is -0.279. The Morgan fingerprint density at radius 1 is 1.14 bits per heavy atom. The van der Waals surface area contributed by atoms with Crippen molar-refractivity contribution in [3.05, 3.63) is 84.6 Å². The Morgan fingerprint density at radius 2 is 1.86 bits per heavy atom. The van der Waals surface area contributed by atoms with Gasteiger partial charge in [0.15, 0.2) is 16.8 Å². The molecule has 9 heteroatoms. The van der Waals surface area contributed by atoms with Crippen LogP contribution >= 0.6 is 11.8 Å². The average Bonchev–Trinajstić information content (AvgIpc) is 3.47. The Bertz CT molecular complexity index is 1410. The number of nitrogens with zero attached hydrogens (tertiary/aromatic N) is 6. The first-order valence-electron chi connectivity index (χ1n) is 11.4. The second kappa shape index (κ2) is 10.6. The highest BCUT2D eigenvalue weighted by molar-refractivity contribution is 7.99. The summed E-state index contributed by atoms with van der Waals surface area (Å²) in [6.45, 7) is 10.9.